The molecule has 0 aliphatic heterocycles. The van der Waals surface area contributed by atoms with Crippen LogP contribution in [0.2, 0.25) is 45.3 Å². The molecule has 0 spiro atoms. The molecule has 1 rings (SSSR count). The van der Waals surface area contributed by atoms with Crippen LogP contribution in [0.3, 0.4) is 0 Å². The Morgan fingerprint density at radius 3 is 2.00 bits per heavy atom. The summed E-state index contributed by atoms with van der Waals surface area (Å²) < 4.78 is 16.5. The fraction of sp³-hybridized carbons (Fsp3) is 0.667. The lowest BCUT2D eigenvalue weighted by molar-refractivity contribution is -0.137. The summed E-state index contributed by atoms with van der Waals surface area (Å²) in [6.45, 7) is 12.8. The van der Waals surface area contributed by atoms with Gasteiger partial charge in [-0.25, -0.2) is 0 Å². The fourth-order valence-electron chi connectivity index (χ4n) is 2.01. The van der Waals surface area contributed by atoms with Crippen LogP contribution < -0.4 is 0 Å². The molecular formula is C15H26O4Si2. The first-order chi connectivity index (χ1) is 9.47. The van der Waals surface area contributed by atoms with E-state index in [2.05, 4.69) is 31.5 Å². The zero-order valence-corrected chi connectivity index (χ0v) is 16.3. The Morgan fingerprint density at radius 2 is 1.62 bits per heavy atom. The van der Waals surface area contributed by atoms with Crippen LogP contribution in [0.1, 0.15) is 0 Å². The van der Waals surface area contributed by atoms with Crippen molar-refractivity contribution < 1.29 is 18.7 Å². The van der Waals surface area contributed by atoms with Gasteiger partial charge < -0.3 is 13.9 Å². The molecule has 0 saturated carbocycles. The Bertz CT molecular complexity index is 515. The average Bonchev–Trinajstić information content (AvgIpc) is 2.30. The molecule has 118 valence electrons. The summed E-state index contributed by atoms with van der Waals surface area (Å²) in [5, 5.41) is 0. The van der Waals surface area contributed by atoms with Crippen LogP contribution in [0.15, 0.2) is 11.5 Å². The molecule has 0 N–H and O–H groups in total. The molecule has 0 bridgehead atoms. The molecule has 0 heterocycles. The van der Waals surface area contributed by atoms with Crippen molar-refractivity contribution in [2.45, 2.75) is 50.9 Å². The highest BCUT2D eigenvalue weighted by Crippen LogP contribution is 2.41. The third-order valence-electron chi connectivity index (χ3n) is 2.80. The second-order valence-electron chi connectivity index (χ2n) is 7.33. The van der Waals surface area contributed by atoms with Gasteiger partial charge in [-0.2, -0.15) is 0 Å². The second-order valence-corrected chi connectivity index (χ2v) is 17.2. The summed E-state index contributed by atoms with van der Waals surface area (Å²) in [6.07, 6.45) is 0. The number of carbonyl (C=O) groups excluding carboxylic acids is 1. The molecule has 0 aromatic rings. The molecule has 0 fully saturated rings. The van der Waals surface area contributed by atoms with E-state index in [1.807, 2.05) is 19.6 Å². The lowest BCUT2D eigenvalue weighted by Crippen LogP contribution is -2.57. The summed E-state index contributed by atoms with van der Waals surface area (Å²) in [5.41, 5.74) is -1.26. The molecule has 1 aliphatic carbocycles. The molecule has 1 atom stereocenters. The van der Waals surface area contributed by atoms with Crippen molar-refractivity contribution in [3.63, 3.8) is 0 Å². The molecule has 1 unspecified atom stereocenters. The Balaban J connectivity index is 3.22. The molecule has 0 aromatic heterocycles. The number of methoxy groups -OCH3 is 2. The maximum atomic E-state index is 12.5. The third kappa shape index (κ3) is 3.99. The monoisotopic (exact) mass is 326 g/mol. The summed E-state index contributed by atoms with van der Waals surface area (Å²) >= 11 is 0. The van der Waals surface area contributed by atoms with Crippen LogP contribution in [0.5, 0.6) is 0 Å². The number of hydrogen-bond donors (Lipinski definition) is 0. The van der Waals surface area contributed by atoms with Crippen LogP contribution in [-0.2, 0) is 18.7 Å². The first kappa shape index (κ1) is 18.0. The number of ether oxygens (including phenoxy) is 2. The first-order valence-electron chi connectivity index (χ1n) is 7.04. The maximum Gasteiger partial charge on any atom is 0.252 e. The van der Waals surface area contributed by atoms with Crippen LogP contribution in [0, 0.1) is 11.8 Å². The van der Waals surface area contributed by atoms with Crippen molar-refractivity contribution in [3.8, 4) is 11.8 Å². The topological polar surface area (TPSA) is 44.8 Å². The normalized spacial score (nSPS) is 22.4. The molecule has 0 aromatic carbocycles. The minimum atomic E-state index is -1.98. The summed E-state index contributed by atoms with van der Waals surface area (Å²) in [4.78, 5) is 12.5. The van der Waals surface area contributed by atoms with Gasteiger partial charge in [-0.05, 0) is 19.6 Å². The molecule has 6 heteroatoms. The van der Waals surface area contributed by atoms with Gasteiger partial charge in [0.2, 0.25) is 11.4 Å². The highest BCUT2D eigenvalue weighted by molar-refractivity contribution is 6.76. The Kier molecular flexibility index (Phi) is 5.14. The van der Waals surface area contributed by atoms with Gasteiger partial charge in [-0.3, -0.25) is 4.79 Å². The van der Waals surface area contributed by atoms with E-state index in [4.69, 9.17) is 13.9 Å². The standard InChI is InChI=1S/C15H26O4Si2/c1-17-12-13(16)15(14(12)18-2,19-21(6,7)8)10-9-11-20(3,4)5/h11H2,1-8H3. The van der Waals surface area contributed by atoms with E-state index < -0.39 is 22.0 Å². The predicted molar refractivity (Wildman–Crippen MR) is 89.1 cm³/mol. The Labute approximate surface area is 130 Å². The van der Waals surface area contributed by atoms with Gasteiger partial charge in [0.1, 0.15) is 0 Å². The van der Waals surface area contributed by atoms with Gasteiger partial charge in [-0.15, -0.1) is 5.92 Å². The van der Waals surface area contributed by atoms with Crippen LogP contribution in [0.4, 0.5) is 0 Å². The molecule has 21 heavy (non-hydrogen) atoms. The highest BCUT2D eigenvalue weighted by Gasteiger charge is 2.59. The molecular weight excluding hydrogens is 300 g/mol. The van der Waals surface area contributed by atoms with Crippen molar-refractivity contribution in [3.05, 3.63) is 11.5 Å². The predicted octanol–water partition coefficient (Wildman–Crippen LogP) is 3.01. The lowest BCUT2D eigenvalue weighted by Gasteiger charge is -2.41. The molecule has 0 amide bonds. The molecule has 0 radical (unpaired) electrons. The Hall–Kier alpha value is -1.04. The zero-order valence-electron chi connectivity index (χ0n) is 14.3. The number of Topliss-reactive ketones (excluding diaryl/α,β-unsaturated/α-hetero) is 1. The van der Waals surface area contributed by atoms with Crippen molar-refractivity contribution >= 4 is 22.2 Å². The van der Waals surface area contributed by atoms with E-state index in [1.54, 1.807) is 0 Å². The van der Waals surface area contributed by atoms with Crippen molar-refractivity contribution in [2.75, 3.05) is 14.2 Å². The van der Waals surface area contributed by atoms with Crippen molar-refractivity contribution in [2.24, 2.45) is 0 Å². The minimum absolute atomic E-state index is 0.220. The minimum Gasteiger partial charge on any atom is -0.493 e. The highest BCUT2D eigenvalue weighted by atomic mass is 28.4. The van der Waals surface area contributed by atoms with E-state index in [0.29, 0.717) is 5.76 Å². The van der Waals surface area contributed by atoms with Crippen molar-refractivity contribution in [1.82, 2.24) is 0 Å². The van der Waals surface area contributed by atoms with Crippen LogP contribution in [-0.4, -0.2) is 42.0 Å². The zero-order chi connectivity index (χ0) is 16.5. The van der Waals surface area contributed by atoms with E-state index in [0.717, 1.165) is 6.04 Å². The van der Waals surface area contributed by atoms with E-state index >= 15 is 0 Å². The molecule has 1 aliphatic rings. The van der Waals surface area contributed by atoms with Gasteiger partial charge in [0.25, 0.3) is 5.78 Å². The van der Waals surface area contributed by atoms with Gasteiger partial charge in [0.05, 0.1) is 22.3 Å². The van der Waals surface area contributed by atoms with Gasteiger partial charge in [-0.1, -0.05) is 25.6 Å². The average molecular weight is 327 g/mol. The largest absolute Gasteiger partial charge is 0.493 e. The third-order valence-corrected chi connectivity index (χ3v) is 4.96. The number of ketones is 1. The number of carbonyl (C=O) groups is 1. The number of rotatable bonds is 5. The van der Waals surface area contributed by atoms with Crippen LogP contribution in [0.25, 0.3) is 0 Å². The summed E-state index contributed by atoms with van der Waals surface area (Å²) in [5.74, 6) is 6.59. The molecule has 0 saturated heterocycles. The van der Waals surface area contributed by atoms with E-state index in [1.165, 1.54) is 14.2 Å². The van der Waals surface area contributed by atoms with Crippen LogP contribution >= 0.6 is 0 Å². The van der Waals surface area contributed by atoms with Gasteiger partial charge in [0, 0.05) is 6.04 Å². The maximum absolute atomic E-state index is 12.5. The first-order valence-corrected chi connectivity index (χ1v) is 14.2. The SMILES string of the molecule is COC1=C(OC)C(C#CC[Si](C)(C)C)(O[Si](C)(C)C)C1=O. The Morgan fingerprint density at radius 1 is 1.05 bits per heavy atom. The quantitative estimate of drug-likeness (QED) is 0.575. The summed E-state index contributed by atoms with van der Waals surface area (Å²) in [6, 6.07) is 0.816. The summed E-state index contributed by atoms with van der Waals surface area (Å²) in [7, 11) is -0.308. The van der Waals surface area contributed by atoms with Crippen molar-refractivity contribution in [1.29, 1.82) is 0 Å². The second kappa shape index (κ2) is 5.99. The van der Waals surface area contributed by atoms with E-state index in [-0.39, 0.29) is 11.5 Å². The molecule has 4 nitrogen and oxygen atoms in total. The number of hydrogen-bond acceptors (Lipinski definition) is 4. The smallest absolute Gasteiger partial charge is 0.252 e. The van der Waals surface area contributed by atoms with Gasteiger partial charge in [0.15, 0.2) is 14.1 Å². The fourth-order valence-corrected chi connectivity index (χ4v) is 3.78. The van der Waals surface area contributed by atoms with E-state index in [9.17, 15) is 4.79 Å². The van der Waals surface area contributed by atoms with Gasteiger partial charge >= 0.3 is 0 Å². The lowest BCUT2D eigenvalue weighted by atomic mass is 9.83.